The first-order chi connectivity index (χ1) is 8.24. The van der Waals surface area contributed by atoms with Crippen molar-refractivity contribution in [1.29, 1.82) is 0 Å². The molecule has 1 aromatic carbocycles. The molecule has 0 unspecified atom stereocenters. The zero-order chi connectivity index (χ0) is 11.8. The van der Waals surface area contributed by atoms with Crippen molar-refractivity contribution in [1.82, 2.24) is 5.32 Å². The highest BCUT2D eigenvalue weighted by Gasteiger charge is 2.34. The quantitative estimate of drug-likeness (QED) is 0.741. The van der Waals surface area contributed by atoms with Crippen LogP contribution < -0.4 is 5.32 Å². The maximum Gasteiger partial charge on any atom is 0.0406 e. The van der Waals surface area contributed by atoms with Gasteiger partial charge in [0, 0.05) is 11.1 Å². The lowest BCUT2D eigenvalue weighted by atomic mass is 9.73. The molecule has 1 aliphatic heterocycles. The molecule has 1 heterocycles. The van der Waals surface area contributed by atoms with Crippen LogP contribution in [0.25, 0.3) is 0 Å². The molecular formula is C15H18ClN. The summed E-state index contributed by atoms with van der Waals surface area (Å²) in [4.78, 5) is 0. The third-order valence-electron chi connectivity index (χ3n) is 4.20. The summed E-state index contributed by atoms with van der Waals surface area (Å²) >= 11 is 5.95. The van der Waals surface area contributed by atoms with Crippen molar-refractivity contribution in [2.45, 2.75) is 25.8 Å². The van der Waals surface area contributed by atoms with E-state index < -0.39 is 0 Å². The van der Waals surface area contributed by atoms with Gasteiger partial charge in [0.05, 0.1) is 0 Å². The smallest absolute Gasteiger partial charge is 0.0406 e. The van der Waals surface area contributed by atoms with E-state index in [4.69, 9.17) is 11.6 Å². The highest BCUT2D eigenvalue weighted by molar-refractivity contribution is 6.30. The van der Waals surface area contributed by atoms with Crippen molar-refractivity contribution in [2.24, 2.45) is 11.8 Å². The van der Waals surface area contributed by atoms with E-state index >= 15 is 0 Å². The molecule has 0 aromatic heterocycles. The number of benzene rings is 1. The number of rotatable bonds is 1. The van der Waals surface area contributed by atoms with Crippen LogP contribution in [0.15, 0.2) is 35.9 Å². The Morgan fingerprint density at radius 2 is 2.00 bits per heavy atom. The summed E-state index contributed by atoms with van der Waals surface area (Å²) in [6.45, 7) is 3.42. The Bertz CT molecular complexity index is 435. The number of hydrogen-bond acceptors (Lipinski definition) is 1. The molecule has 0 radical (unpaired) electrons. The summed E-state index contributed by atoms with van der Waals surface area (Å²) in [5.74, 6) is 1.51. The number of allylic oxidation sites excluding steroid dienone is 1. The Morgan fingerprint density at radius 1 is 1.24 bits per heavy atom. The predicted molar refractivity (Wildman–Crippen MR) is 72.2 cm³/mol. The highest BCUT2D eigenvalue weighted by atomic mass is 35.5. The maximum atomic E-state index is 5.95. The number of hydrogen-bond donors (Lipinski definition) is 1. The molecular weight excluding hydrogens is 230 g/mol. The second-order valence-corrected chi connectivity index (χ2v) is 5.77. The third kappa shape index (κ3) is 2.14. The molecule has 1 N–H and O–H groups in total. The molecule has 0 saturated carbocycles. The molecule has 0 spiro atoms. The van der Waals surface area contributed by atoms with E-state index in [9.17, 15) is 0 Å². The number of halogens is 1. The number of nitrogens with one attached hydrogen (secondary N) is 1. The van der Waals surface area contributed by atoms with Crippen molar-refractivity contribution in [3.05, 3.63) is 46.5 Å². The predicted octanol–water partition coefficient (Wildman–Crippen LogP) is 3.96. The lowest BCUT2D eigenvalue weighted by molar-refractivity contribution is 0.233. The monoisotopic (exact) mass is 247 g/mol. The van der Waals surface area contributed by atoms with Crippen LogP contribution in [-0.2, 0) is 0 Å². The number of fused-ring (bicyclic) bond motifs is 2. The summed E-state index contributed by atoms with van der Waals surface area (Å²) in [5.41, 5.74) is 2.92. The molecule has 1 saturated heterocycles. The Labute approximate surface area is 108 Å². The van der Waals surface area contributed by atoms with Gasteiger partial charge in [-0.05, 0) is 55.8 Å². The molecule has 1 fully saturated rings. The van der Waals surface area contributed by atoms with Crippen LogP contribution in [0.5, 0.6) is 0 Å². The van der Waals surface area contributed by atoms with Crippen LogP contribution in [0, 0.1) is 11.8 Å². The van der Waals surface area contributed by atoms with Crippen LogP contribution in [-0.4, -0.2) is 6.54 Å². The van der Waals surface area contributed by atoms with E-state index in [0.29, 0.717) is 12.0 Å². The Balaban J connectivity index is 1.90. The van der Waals surface area contributed by atoms with Crippen LogP contribution in [0.2, 0.25) is 5.02 Å². The van der Waals surface area contributed by atoms with Gasteiger partial charge in [0.2, 0.25) is 0 Å². The molecule has 1 aliphatic carbocycles. The van der Waals surface area contributed by atoms with E-state index in [1.165, 1.54) is 18.4 Å². The summed E-state index contributed by atoms with van der Waals surface area (Å²) in [5, 5.41) is 4.52. The minimum atomic E-state index is 0.472. The van der Waals surface area contributed by atoms with E-state index in [1.807, 2.05) is 12.1 Å². The highest BCUT2D eigenvalue weighted by Crippen LogP contribution is 2.41. The second kappa shape index (κ2) is 4.47. The molecule has 2 heteroatoms. The average Bonchev–Trinajstić information content (AvgIpc) is 2.36. The van der Waals surface area contributed by atoms with E-state index in [0.717, 1.165) is 17.5 Å². The fraction of sp³-hybridized carbons (Fsp3) is 0.467. The van der Waals surface area contributed by atoms with Gasteiger partial charge >= 0.3 is 0 Å². The first-order valence-corrected chi connectivity index (χ1v) is 6.77. The zero-order valence-corrected chi connectivity index (χ0v) is 10.9. The lowest BCUT2D eigenvalue weighted by Gasteiger charge is -2.41. The van der Waals surface area contributed by atoms with Gasteiger partial charge in [0.15, 0.2) is 0 Å². The normalized spacial score (nSPS) is 32.1. The average molecular weight is 248 g/mol. The molecule has 1 aromatic rings. The first-order valence-electron chi connectivity index (χ1n) is 6.39. The fourth-order valence-electron chi connectivity index (χ4n) is 3.17. The number of piperidine rings is 1. The summed E-state index contributed by atoms with van der Waals surface area (Å²) in [7, 11) is 0. The molecule has 3 atom stereocenters. The van der Waals surface area contributed by atoms with Gasteiger partial charge in [0.25, 0.3) is 0 Å². The van der Waals surface area contributed by atoms with Crippen molar-refractivity contribution in [3.8, 4) is 0 Å². The standard InChI is InChI=1S/C15H18ClN/c1-10-2-3-11-8-14(10)15(17-9-11)12-4-6-13(16)7-5-12/h2,4-7,11,14-15,17H,3,8-9H2,1H3/t11-,14-,15+/m0/s1. The van der Waals surface area contributed by atoms with E-state index in [2.05, 4.69) is 30.4 Å². The van der Waals surface area contributed by atoms with Crippen LogP contribution in [0.1, 0.15) is 31.4 Å². The van der Waals surface area contributed by atoms with Crippen molar-refractivity contribution in [2.75, 3.05) is 6.54 Å². The third-order valence-corrected chi connectivity index (χ3v) is 4.46. The van der Waals surface area contributed by atoms with E-state index in [-0.39, 0.29) is 0 Å². The van der Waals surface area contributed by atoms with Gasteiger partial charge in [-0.3, -0.25) is 0 Å². The zero-order valence-electron chi connectivity index (χ0n) is 10.1. The van der Waals surface area contributed by atoms with Crippen molar-refractivity contribution < 1.29 is 0 Å². The summed E-state index contributed by atoms with van der Waals surface area (Å²) < 4.78 is 0. The largest absolute Gasteiger partial charge is 0.309 e. The molecule has 3 rings (SSSR count). The van der Waals surface area contributed by atoms with Gasteiger partial charge < -0.3 is 5.32 Å². The van der Waals surface area contributed by atoms with E-state index in [1.54, 1.807) is 5.57 Å². The van der Waals surface area contributed by atoms with Gasteiger partial charge in [0.1, 0.15) is 0 Å². The second-order valence-electron chi connectivity index (χ2n) is 5.33. The minimum absolute atomic E-state index is 0.472. The van der Waals surface area contributed by atoms with Gasteiger partial charge in [-0.25, -0.2) is 0 Å². The molecule has 90 valence electrons. The van der Waals surface area contributed by atoms with Crippen LogP contribution in [0.4, 0.5) is 0 Å². The van der Waals surface area contributed by atoms with Crippen molar-refractivity contribution >= 4 is 11.6 Å². The summed E-state index contributed by atoms with van der Waals surface area (Å²) in [6, 6.07) is 8.77. The Hall–Kier alpha value is -0.790. The molecule has 2 bridgehead atoms. The fourth-order valence-corrected chi connectivity index (χ4v) is 3.29. The molecule has 17 heavy (non-hydrogen) atoms. The van der Waals surface area contributed by atoms with Crippen LogP contribution in [0.3, 0.4) is 0 Å². The topological polar surface area (TPSA) is 12.0 Å². The Kier molecular flexibility index (Phi) is 2.97. The summed E-state index contributed by atoms with van der Waals surface area (Å²) in [6.07, 6.45) is 5.02. The first kappa shape index (κ1) is 11.3. The SMILES string of the molecule is CC1=CC[C@@H]2CN[C@H](c3ccc(Cl)cc3)[C@H]1C2. The van der Waals surface area contributed by atoms with Gasteiger partial charge in [-0.2, -0.15) is 0 Å². The minimum Gasteiger partial charge on any atom is -0.309 e. The van der Waals surface area contributed by atoms with Gasteiger partial charge in [-0.1, -0.05) is 35.4 Å². The molecule has 1 nitrogen and oxygen atoms in total. The van der Waals surface area contributed by atoms with Gasteiger partial charge in [-0.15, -0.1) is 0 Å². The lowest BCUT2D eigenvalue weighted by Crippen LogP contribution is -2.41. The Morgan fingerprint density at radius 3 is 2.76 bits per heavy atom. The maximum absolute atomic E-state index is 5.95. The molecule has 2 aliphatic rings. The van der Waals surface area contributed by atoms with Crippen molar-refractivity contribution in [3.63, 3.8) is 0 Å². The van der Waals surface area contributed by atoms with Crippen LogP contribution >= 0.6 is 11.6 Å². The molecule has 0 amide bonds.